The fourth-order valence-corrected chi connectivity index (χ4v) is 3.76. The molecule has 0 aliphatic heterocycles. The summed E-state index contributed by atoms with van der Waals surface area (Å²) in [6.07, 6.45) is 3.98. The molecule has 1 atom stereocenters. The lowest BCUT2D eigenvalue weighted by Crippen LogP contribution is -2.28. The Morgan fingerprint density at radius 1 is 1.08 bits per heavy atom. The van der Waals surface area contributed by atoms with Crippen molar-refractivity contribution in [1.29, 1.82) is 0 Å². The minimum atomic E-state index is -0.333. The molecule has 1 saturated carbocycles. The first kappa shape index (κ1) is 16.0. The fraction of sp³-hybridized carbons (Fsp3) is 0.200. The van der Waals surface area contributed by atoms with Gasteiger partial charge in [0.05, 0.1) is 17.2 Å². The quantitative estimate of drug-likeness (QED) is 0.724. The van der Waals surface area contributed by atoms with Crippen molar-refractivity contribution in [2.75, 3.05) is 0 Å². The van der Waals surface area contributed by atoms with Crippen LogP contribution in [-0.2, 0) is 0 Å². The number of hydrogen-bond donors (Lipinski definition) is 1. The van der Waals surface area contributed by atoms with Gasteiger partial charge in [0, 0.05) is 5.92 Å². The smallest absolute Gasteiger partial charge is 0.263 e. The SMILES string of the molecule is O=C(NC(c1ccccc1)c1ccc(F)cc1)c1cnc(C2CC2)s1. The van der Waals surface area contributed by atoms with E-state index < -0.39 is 0 Å². The molecule has 0 bridgehead atoms. The normalized spacial score (nSPS) is 14.9. The van der Waals surface area contributed by atoms with Crippen LogP contribution in [0.2, 0.25) is 0 Å². The lowest BCUT2D eigenvalue weighted by atomic mass is 9.98. The summed E-state index contributed by atoms with van der Waals surface area (Å²) in [5, 5.41) is 4.11. The molecule has 1 N–H and O–H groups in total. The van der Waals surface area contributed by atoms with Crippen molar-refractivity contribution in [3.8, 4) is 0 Å². The molecule has 1 amide bonds. The van der Waals surface area contributed by atoms with Crippen molar-refractivity contribution in [3.05, 3.63) is 87.6 Å². The van der Waals surface area contributed by atoms with E-state index in [4.69, 9.17) is 0 Å². The van der Waals surface area contributed by atoms with E-state index in [0.717, 1.165) is 29.0 Å². The van der Waals surface area contributed by atoms with Gasteiger partial charge in [-0.2, -0.15) is 0 Å². The van der Waals surface area contributed by atoms with Crippen LogP contribution in [0.15, 0.2) is 60.8 Å². The van der Waals surface area contributed by atoms with Crippen LogP contribution in [0.5, 0.6) is 0 Å². The highest BCUT2D eigenvalue weighted by Gasteiger charge is 2.28. The maximum absolute atomic E-state index is 13.3. The van der Waals surface area contributed by atoms with Gasteiger partial charge in [0.2, 0.25) is 0 Å². The molecule has 0 radical (unpaired) electrons. The van der Waals surface area contributed by atoms with Crippen LogP contribution in [-0.4, -0.2) is 10.9 Å². The van der Waals surface area contributed by atoms with Crippen LogP contribution < -0.4 is 5.32 Å². The average Bonchev–Trinajstić information content (AvgIpc) is 3.38. The lowest BCUT2D eigenvalue weighted by molar-refractivity contribution is 0.0947. The largest absolute Gasteiger partial charge is 0.340 e. The Morgan fingerprint density at radius 3 is 2.44 bits per heavy atom. The number of nitrogens with zero attached hydrogens (tertiary/aromatic N) is 1. The van der Waals surface area contributed by atoms with Gasteiger partial charge in [0.15, 0.2) is 0 Å². The number of rotatable bonds is 5. The molecule has 1 aliphatic carbocycles. The maximum Gasteiger partial charge on any atom is 0.263 e. The van der Waals surface area contributed by atoms with Gasteiger partial charge < -0.3 is 5.32 Å². The van der Waals surface area contributed by atoms with Crippen molar-refractivity contribution in [1.82, 2.24) is 10.3 Å². The number of carbonyl (C=O) groups is 1. The molecule has 0 saturated heterocycles. The van der Waals surface area contributed by atoms with Gasteiger partial charge in [0.1, 0.15) is 10.7 Å². The summed E-state index contributed by atoms with van der Waals surface area (Å²) in [4.78, 5) is 17.7. The molecule has 1 unspecified atom stereocenters. The third-order valence-electron chi connectivity index (χ3n) is 4.29. The Kier molecular flexibility index (Phi) is 4.32. The van der Waals surface area contributed by atoms with Crippen LogP contribution in [0.3, 0.4) is 0 Å². The average molecular weight is 352 g/mol. The summed E-state index contributed by atoms with van der Waals surface area (Å²) in [7, 11) is 0. The first-order valence-electron chi connectivity index (χ1n) is 8.28. The van der Waals surface area contributed by atoms with Crippen molar-refractivity contribution in [2.45, 2.75) is 24.8 Å². The molecule has 4 rings (SSSR count). The molecule has 1 heterocycles. The van der Waals surface area contributed by atoms with E-state index in [9.17, 15) is 9.18 Å². The number of halogens is 1. The number of hydrogen-bond acceptors (Lipinski definition) is 3. The zero-order valence-corrected chi connectivity index (χ0v) is 14.3. The summed E-state index contributed by atoms with van der Waals surface area (Å²) in [5.41, 5.74) is 1.79. The van der Waals surface area contributed by atoms with E-state index in [0.29, 0.717) is 10.8 Å². The Morgan fingerprint density at radius 2 is 1.76 bits per heavy atom. The number of nitrogens with one attached hydrogen (secondary N) is 1. The van der Waals surface area contributed by atoms with Gasteiger partial charge in [-0.3, -0.25) is 4.79 Å². The summed E-state index contributed by atoms with van der Waals surface area (Å²) in [6.45, 7) is 0. The molecule has 2 aromatic carbocycles. The van der Waals surface area contributed by atoms with E-state index in [-0.39, 0.29) is 17.8 Å². The highest BCUT2D eigenvalue weighted by Crippen LogP contribution is 2.41. The van der Waals surface area contributed by atoms with E-state index in [2.05, 4.69) is 10.3 Å². The molecule has 3 nitrogen and oxygen atoms in total. The molecule has 1 aliphatic rings. The zero-order chi connectivity index (χ0) is 17.2. The van der Waals surface area contributed by atoms with E-state index in [1.54, 1.807) is 18.3 Å². The minimum Gasteiger partial charge on any atom is -0.340 e. The third kappa shape index (κ3) is 3.61. The Hall–Kier alpha value is -2.53. The Balaban J connectivity index is 1.61. The van der Waals surface area contributed by atoms with Gasteiger partial charge in [-0.25, -0.2) is 9.37 Å². The summed E-state index contributed by atoms with van der Waals surface area (Å²) in [6, 6.07) is 15.6. The number of thiazole rings is 1. The van der Waals surface area contributed by atoms with Gasteiger partial charge >= 0.3 is 0 Å². The molecule has 0 spiro atoms. The molecule has 3 aromatic rings. The molecule has 1 aromatic heterocycles. The number of benzene rings is 2. The molecule has 5 heteroatoms. The van der Waals surface area contributed by atoms with Crippen molar-refractivity contribution >= 4 is 17.2 Å². The Bertz CT molecular complexity index is 872. The Labute approximate surface area is 149 Å². The second kappa shape index (κ2) is 6.76. The van der Waals surface area contributed by atoms with Crippen LogP contribution in [0.1, 0.15) is 50.6 Å². The van der Waals surface area contributed by atoms with E-state index >= 15 is 0 Å². The van der Waals surface area contributed by atoms with Crippen LogP contribution in [0.25, 0.3) is 0 Å². The molecule has 25 heavy (non-hydrogen) atoms. The maximum atomic E-state index is 13.3. The van der Waals surface area contributed by atoms with Crippen molar-refractivity contribution in [2.24, 2.45) is 0 Å². The second-order valence-corrected chi connectivity index (χ2v) is 7.27. The van der Waals surface area contributed by atoms with Gasteiger partial charge in [0.25, 0.3) is 5.91 Å². The molecule has 1 fully saturated rings. The summed E-state index contributed by atoms with van der Waals surface area (Å²) >= 11 is 1.46. The summed E-state index contributed by atoms with van der Waals surface area (Å²) < 4.78 is 13.3. The first-order chi connectivity index (χ1) is 12.2. The number of amides is 1. The zero-order valence-electron chi connectivity index (χ0n) is 13.5. The van der Waals surface area contributed by atoms with Crippen LogP contribution >= 0.6 is 11.3 Å². The topological polar surface area (TPSA) is 42.0 Å². The van der Waals surface area contributed by atoms with Crippen LogP contribution in [0.4, 0.5) is 4.39 Å². The fourth-order valence-electron chi connectivity index (χ4n) is 2.77. The van der Waals surface area contributed by atoms with Gasteiger partial charge in [-0.05, 0) is 36.1 Å². The lowest BCUT2D eigenvalue weighted by Gasteiger charge is -2.19. The van der Waals surface area contributed by atoms with Gasteiger partial charge in [-0.1, -0.05) is 42.5 Å². The predicted octanol–water partition coefficient (Wildman–Crippen LogP) is 4.68. The van der Waals surface area contributed by atoms with Crippen molar-refractivity contribution in [3.63, 3.8) is 0 Å². The van der Waals surface area contributed by atoms with E-state index in [1.165, 1.54) is 23.5 Å². The predicted molar refractivity (Wildman–Crippen MR) is 96.2 cm³/mol. The molecular formula is C20H17FN2OS. The first-order valence-corrected chi connectivity index (χ1v) is 9.09. The van der Waals surface area contributed by atoms with Crippen LogP contribution in [0, 0.1) is 5.82 Å². The highest BCUT2D eigenvalue weighted by atomic mass is 32.1. The van der Waals surface area contributed by atoms with Gasteiger partial charge in [-0.15, -0.1) is 11.3 Å². The highest BCUT2D eigenvalue weighted by molar-refractivity contribution is 7.13. The number of aromatic nitrogens is 1. The third-order valence-corrected chi connectivity index (χ3v) is 5.44. The number of carbonyl (C=O) groups excluding carboxylic acids is 1. The van der Waals surface area contributed by atoms with E-state index in [1.807, 2.05) is 30.3 Å². The second-order valence-electron chi connectivity index (χ2n) is 6.21. The monoisotopic (exact) mass is 352 g/mol. The minimum absolute atomic E-state index is 0.150. The summed E-state index contributed by atoms with van der Waals surface area (Å²) in [5.74, 6) is 0.0922. The molecule has 126 valence electrons. The van der Waals surface area contributed by atoms with Crippen molar-refractivity contribution < 1.29 is 9.18 Å². The molecular weight excluding hydrogens is 335 g/mol. The standard InChI is InChI=1S/C20H17FN2OS/c21-16-10-8-14(9-11-16)18(13-4-2-1-3-5-13)23-19(24)17-12-22-20(25-17)15-6-7-15/h1-5,8-12,15,18H,6-7H2,(H,23,24).